The molecule has 0 radical (unpaired) electrons. The number of hydrogen-bond donors (Lipinski definition) is 1. The number of ether oxygens (including phenoxy) is 2. The number of urea groups is 1. The fourth-order valence-electron chi connectivity index (χ4n) is 4.15. The second kappa shape index (κ2) is 8.65. The predicted molar refractivity (Wildman–Crippen MR) is 114 cm³/mol. The molecular weight excluding hydrogens is 382 g/mol. The van der Waals surface area contributed by atoms with Gasteiger partial charge in [-0.1, -0.05) is 30.3 Å². The molecule has 2 aromatic carbocycles. The van der Waals surface area contributed by atoms with Crippen LogP contribution in [0.15, 0.2) is 48.5 Å². The third-order valence-electron chi connectivity index (χ3n) is 5.77. The van der Waals surface area contributed by atoms with E-state index in [0.29, 0.717) is 31.7 Å². The number of fused-ring (bicyclic) bond motifs is 1. The van der Waals surface area contributed by atoms with E-state index >= 15 is 0 Å². The van der Waals surface area contributed by atoms with Crippen LogP contribution in [-0.2, 0) is 11.2 Å². The topological polar surface area (TPSA) is 71.1 Å². The Balaban J connectivity index is 1.40. The molecule has 1 N–H and O–H groups in total. The predicted octanol–water partition coefficient (Wildman–Crippen LogP) is 2.84. The van der Waals surface area contributed by atoms with Gasteiger partial charge in [-0.15, -0.1) is 0 Å². The minimum absolute atomic E-state index is 0.0416. The smallest absolute Gasteiger partial charge is 0.318 e. The quantitative estimate of drug-likeness (QED) is 0.843. The van der Waals surface area contributed by atoms with E-state index in [1.165, 1.54) is 4.90 Å². The molecule has 0 bridgehead atoms. The Labute approximate surface area is 176 Å². The lowest BCUT2D eigenvalue weighted by Crippen LogP contribution is -2.57. The van der Waals surface area contributed by atoms with E-state index in [9.17, 15) is 9.59 Å². The second-order valence-corrected chi connectivity index (χ2v) is 7.70. The molecule has 0 aliphatic carbocycles. The van der Waals surface area contributed by atoms with Crippen molar-refractivity contribution in [3.8, 4) is 11.5 Å². The minimum Gasteiger partial charge on any atom is -0.493 e. The zero-order valence-corrected chi connectivity index (χ0v) is 17.3. The lowest BCUT2D eigenvalue weighted by Gasteiger charge is -2.37. The second-order valence-electron chi connectivity index (χ2n) is 7.70. The number of piperidine rings is 1. The van der Waals surface area contributed by atoms with E-state index in [2.05, 4.69) is 5.32 Å². The lowest BCUT2D eigenvalue weighted by molar-refractivity contribution is -0.123. The number of carbonyl (C=O) groups is 2. The molecule has 2 aromatic rings. The van der Waals surface area contributed by atoms with Crippen molar-refractivity contribution in [2.75, 3.05) is 32.2 Å². The van der Waals surface area contributed by atoms with E-state index in [-0.39, 0.29) is 18.0 Å². The maximum absolute atomic E-state index is 13.1. The van der Waals surface area contributed by atoms with Crippen LogP contribution in [0.1, 0.15) is 18.4 Å². The van der Waals surface area contributed by atoms with E-state index in [0.717, 1.165) is 23.4 Å². The van der Waals surface area contributed by atoms with Gasteiger partial charge in [0.05, 0.1) is 13.2 Å². The maximum Gasteiger partial charge on any atom is 0.318 e. The van der Waals surface area contributed by atoms with Crippen LogP contribution < -0.4 is 19.7 Å². The van der Waals surface area contributed by atoms with Gasteiger partial charge in [0, 0.05) is 24.8 Å². The lowest BCUT2D eigenvalue weighted by atomic mass is 10.0. The minimum atomic E-state index is -0.476. The summed E-state index contributed by atoms with van der Waals surface area (Å²) in [6.45, 7) is 1.03. The number of anilines is 1. The van der Waals surface area contributed by atoms with Crippen LogP contribution in [0.5, 0.6) is 11.5 Å². The van der Waals surface area contributed by atoms with E-state index in [1.54, 1.807) is 19.1 Å². The van der Waals surface area contributed by atoms with Crippen LogP contribution in [0.25, 0.3) is 0 Å². The van der Waals surface area contributed by atoms with Crippen LogP contribution in [0.4, 0.5) is 10.5 Å². The van der Waals surface area contributed by atoms with Gasteiger partial charge in [0.15, 0.2) is 11.5 Å². The number of carbonyl (C=O) groups excluding carboxylic acids is 2. The molecule has 1 saturated heterocycles. The number of nitrogens with zero attached hydrogens (tertiary/aromatic N) is 2. The Hall–Kier alpha value is -3.22. The molecule has 2 aliphatic heterocycles. The van der Waals surface area contributed by atoms with Gasteiger partial charge in [0.1, 0.15) is 12.6 Å². The molecule has 7 nitrogen and oxygen atoms in total. The molecule has 2 aliphatic rings. The number of hydrogen-bond acceptors (Lipinski definition) is 4. The van der Waals surface area contributed by atoms with Gasteiger partial charge < -0.3 is 24.6 Å². The van der Waals surface area contributed by atoms with Crippen molar-refractivity contribution in [2.24, 2.45) is 0 Å². The Morgan fingerprint density at radius 1 is 1.20 bits per heavy atom. The molecule has 1 fully saturated rings. The molecule has 4 rings (SSSR count). The van der Waals surface area contributed by atoms with Gasteiger partial charge in [-0.25, -0.2) is 4.79 Å². The van der Waals surface area contributed by atoms with Gasteiger partial charge in [-0.05, 0) is 37.5 Å². The molecule has 3 amide bonds. The summed E-state index contributed by atoms with van der Waals surface area (Å²) in [5, 5.41) is 3.02. The van der Waals surface area contributed by atoms with Crippen LogP contribution in [0, 0.1) is 0 Å². The molecule has 0 saturated carbocycles. The van der Waals surface area contributed by atoms with E-state index in [4.69, 9.17) is 9.47 Å². The van der Waals surface area contributed by atoms with Gasteiger partial charge in [-0.3, -0.25) is 4.79 Å². The largest absolute Gasteiger partial charge is 0.493 e. The average Bonchev–Trinajstić information content (AvgIpc) is 2.78. The Morgan fingerprint density at radius 2 is 2.00 bits per heavy atom. The first-order valence-corrected chi connectivity index (χ1v) is 10.3. The summed E-state index contributed by atoms with van der Waals surface area (Å²) in [7, 11) is 3.30. The van der Waals surface area contributed by atoms with Gasteiger partial charge in [-0.2, -0.15) is 0 Å². The number of amides is 3. The van der Waals surface area contributed by atoms with Gasteiger partial charge >= 0.3 is 6.03 Å². The maximum atomic E-state index is 13.1. The van der Waals surface area contributed by atoms with Crippen molar-refractivity contribution in [2.45, 2.75) is 31.3 Å². The number of rotatable bonds is 4. The highest BCUT2D eigenvalue weighted by Crippen LogP contribution is 2.34. The van der Waals surface area contributed by atoms with E-state index in [1.807, 2.05) is 48.5 Å². The highest BCUT2D eigenvalue weighted by atomic mass is 16.5. The third-order valence-corrected chi connectivity index (χ3v) is 5.77. The molecular formula is C23H27N3O4. The normalized spacial score (nSPS) is 20.7. The molecule has 0 spiro atoms. The van der Waals surface area contributed by atoms with Gasteiger partial charge in [0.25, 0.3) is 0 Å². The van der Waals surface area contributed by atoms with Crippen molar-refractivity contribution in [3.05, 3.63) is 54.1 Å². The molecule has 158 valence electrons. The number of methoxy groups -OCH3 is 1. The Bertz CT molecular complexity index is 918. The van der Waals surface area contributed by atoms with Crippen molar-refractivity contribution >= 4 is 17.6 Å². The summed E-state index contributed by atoms with van der Waals surface area (Å²) in [5.41, 5.74) is 1.87. The molecule has 0 unspecified atom stereocenters. The SMILES string of the molecule is COc1cccc2c1OC[C@@H](NC(=O)N(C)[C@@H]1CCCN(c3ccccc3)C1=O)C2. The molecule has 30 heavy (non-hydrogen) atoms. The van der Waals surface area contributed by atoms with Crippen molar-refractivity contribution in [1.82, 2.24) is 10.2 Å². The van der Waals surface area contributed by atoms with Crippen molar-refractivity contribution in [3.63, 3.8) is 0 Å². The standard InChI is InChI=1S/C23H27N3O4/c1-25(19-11-7-13-26(22(19)27)18-9-4-3-5-10-18)23(28)24-17-14-16-8-6-12-20(29-2)21(16)30-15-17/h3-6,8-10,12,17,19H,7,11,13-15H2,1-2H3,(H,24,28)/t17-,19+/m0/s1. The molecule has 0 aromatic heterocycles. The fraction of sp³-hybridized carbons (Fsp3) is 0.391. The van der Waals surface area contributed by atoms with E-state index < -0.39 is 6.04 Å². The van der Waals surface area contributed by atoms with Crippen LogP contribution in [0.3, 0.4) is 0 Å². The Morgan fingerprint density at radius 3 is 2.77 bits per heavy atom. The summed E-state index contributed by atoms with van der Waals surface area (Å²) in [5.74, 6) is 1.39. The van der Waals surface area contributed by atoms with Crippen LogP contribution in [-0.4, -0.2) is 56.2 Å². The summed E-state index contributed by atoms with van der Waals surface area (Å²) >= 11 is 0. The number of nitrogens with one attached hydrogen (secondary N) is 1. The Kier molecular flexibility index (Phi) is 5.79. The first-order valence-electron chi connectivity index (χ1n) is 10.3. The van der Waals surface area contributed by atoms with Crippen LogP contribution >= 0.6 is 0 Å². The average molecular weight is 409 g/mol. The third kappa shape index (κ3) is 3.92. The molecule has 7 heteroatoms. The number of likely N-dealkylation sites (N-methyl/N-ethyl adjacent to an activating group) is 1. The summed E-state index contributed by atoms with van der Waals surface area (Å²) < 4.78 is 11.2. The zero-order valence-electron chi connectivity index (χ0n) is 17.3. The van der Waals surface area contributed by atoms with Gasteiger partial charge in [0.2, 0.25) is 5.91 Å². The monoisotopic (exact) mass is 409 g/mol. The summed E-state index contributed by atoms with van der Waals surface area (Å²) in [6, 6.07) is 14.4. The summed E-state index contributed by atoms with van der Waals surface area (Å²) in [6.07, 6.45) is 2.16. The zero-order chi connectivity index (χ0) is 21.1. The number of benzene rings is 2. The number of para-hydroxylation sites is 2. The highest BCUT2D eigenvalue weighted by molar-refractivity contribution is 5.99. The van der Waals surface area contributed by atoms with Crippen molar-refractivity contribution < 1.29 is 19.1 Å². The molecule has 2 heterocycles. The molecule has 2 atom stereocenters. The fourth-order valence-corrected chi connectivity index (χ4v) is 4.15. The van der Waals surface area contributed by atoms with Crippen molar-refractivity contribution in [1.29, 1.82) is 0 Å². The first kappa shape index (κ1) is 20.1. The van der Waals surface area contributed by atoms with Crippen LogP contribution in [0.2, 0.25) is 0 Å². The highest BCUT2D eigenvalue weighted by Gasteiger charge is 2.35. The summed E-state index contributed by atoms with van der Waals surface area (Å²) in [4.78, 5) is 29.3. The first-order chi connectivity index (χ1) is 14.6.